The molecule has 0 aromatic carbocycles. The Morgan fingerprint density at radius 1 is 1.25 bits per heavy atom. The van der Waals surface area contributed by atoms with Crippen molar-refractivity contribution in [3.05, 3.63) is 17.1 Å². The van der Waals surface area contributed by atoms with Crippen molar-refractivity contribution in [2.24, 2.45) is 5.84 Å². The normalized spacial score (nSPS) is 15.4. The second kappa shape index (κ2) is 5.50. The molecule has 1 aliphatic carbocycles. The lowest BCUT2D eigenvalue weighted by molar-refractivity contribution is 0.708. The van der Waals surface area contributed by atoms with Gasteiger partial charge < -0.3 is 5.43 Å². The average molecular weight is 238 g/mol. The van der Waals surface area contributed by atoms with Gasteiger partial charge in [-0.15, -0.1) is 0 Å². The third-order valence-electron chi connectivity index (χ3n) is 2.89. The minimum Gasteiger partial charge on any atom is -0.308 e. The molecule has 4 nitrogen and oxygen atoms in total. The Bertz CT molecular complexity index is 367. The molecule has 1 aliphatic rings. The molecule has 1 heterocycles. The number of hydrazine groups is 1. The summed E-state index contributed by atoms with van der Waals surface area (Å²) in [4.78, 5) is 9.11. The fourth-order valence-corrected chi connectivity index (χ4v) is 2.52. The largest absolute Gasteiger partial charge is 0.308 e. The first kappa shape index (κ1) is 11.7. The minimum atomic E-state index is 0.830. The Labute approximate surface area is 100 Å². The summed E-state index contributed by atoms with van der Waals surface area (Å²) in [5.74, 6) is 8.11. The van der Waals surface area contributed by atoms with E-state index in [2.05, 4.69) is 21.6 Å². The maximum atomic E-state index is 5.54. The summed E-state index contributed by atoms with van der Waals surface area (Å²) in [6.07, 6.45) is 7.89. The van der Waals surface area contributed by atoms with Crippen molar-refractivity contribution in [3.8, 4) is 0 Å². The minimum absolute atomic E-state index is 0.830. The van der Waals surface area contributed by atoms with E-state index < -0.39 is 0 Å². The first-order valence-corrected chi connectivity index (χ1v) is 7.08. The number of nitrogen functional groups attached to an aromatic ring is 1. The first-order valence-electron chi connectivity index (χ1n) is 5.69. The molecule has 0 saturated heterocycles. The summed E-state index contributed by atoms with van der Waals surface area (Å²) in [5, 5.41) is 0. The summed E-state index contributed by atoms with van der Waals surface area (Å²) in [5.41, 5.74) is 5.15. The zero-order valence-electron chi connectivity index (χ0n) is 9.62. The molecule has 0 fully saturated rings. The molecule has 3 N–H and O–H groups in total. The Hall–Kier alpha value is -0.810. The topological polar surface area (TPSA) is 63.8 Å². The third-order valence-corrected chi connectivity index (χ3v) is 3.44. The lowest BCUT2D eigenvalue weighted by Crippen LogP contribution is -2.15. The van der Waals surface area contributed by atoms with Gasteiger partial charge in [0.05, 0.1) is 5.75 Å². The summed E-state index contributed by atoms with van der Waals surface area (Å²) in [6.45, 7) is 0. The van der Waals surface area contributed by atoms with Gasteiger partial charge in [-0.05, 0) is 31.9 Å². The second-order valence-electron chi connectivity index (χ2n) is 4.05. The standard InChI is InChI=1S/C11H18N4S/c1-16-7-10-13-9-6-4-2-3-5-8(9)11(14-10)15-12/h2-7,12H2,1H3,(H,13,14,15). The van der Waals surface area contributed by atoms with Gasteiger partial charge in [0.25, 0.3) is 0 Å². The molecule has 0 spiro atoms. The van der Waals surface area contributed by atoms with Gasteiger partial charge >= 0.3 is 0 Å². The number of nitrogens with one attached hydrogen (secondary N) is 1. The number of hydrogen-bond acceptors (Lipinski definition) is 5. The van der Waals surface area contributed by atoms with E-state index in [4.69, 9.17) is 5.84 Å². The number of hydrogen-bond donors (Lipinski definition) is 2. The van der Waals surface area contributed by atoms with Crippen LogP contribution in [-0.4, -0.2) is 16.2 Å². The Balaban J connectivity index is 2.38. The van der Waals surface area contributed by atoms with Crippen LogP contribution in [0.4, 0.5) is 5.82 Å². The predicted octanol–water partition coefficient (Wildman–Crippen LogP) is 1.89. The van der Waals surface area contributed by atoms with Crippen LogP contribution in [0.2, 0.25) is 0 Å². The van der Waals surface area contributed by atoms with E-state index in [1.54, 1.807) is 11.8 Å². The first-order chi connectivity index (χ1) is 7.85. The molecule has 0 radical (unpaired) electrons. The molecule has 0 amide bonds. The maximum absolute atomic E-state index is 5.54. The van der Waals surface area contributed by atoms with E-state index >= 15 is 0 Å². The number of fused-ring (bicyclic) bond motifs is 1. The van der Waals surface area contributed by atoms with Gasteiger partial charge in [0.2, 0.25) is 0 Å². The fraction of sp³-hybridized carbons (Fsp3) is 0.636. The lowest BCUT2D eigenvalue weighted by Gasteiger charge is -2.12. The van der Waals surface area contributed by atoms with E-state index in [0.29, 0.717) is 0 Å². The van der Waals surface area contributed by atoms with Crippen LogP contribution in [0.5, 0.6) is 0 Å². The van der Waals surface area contributed by atoms with E-state index in [0.717, 1.165) is 30.2 Å². The van der Waals surface area contributed by atoms with Crippen molar-refractivity contribution in [2.75, 3.05) is 11.7 Å². The van der Waals surface area contributed by atoms with Crippen molar-refractivity contribution in [3.63, 3.8) is 0 Å². The van der Waals surface area contributed by atoms with E-state index in [-0.39, 0.29) is 0 Å². The molecule has 16 heavy (non-hydrogen) atoms. The highest BCUT2D eigenvalue weighted by Gasteiger charge is 2.15. The number of nitrogens with zero attached hydrogens (tertiary/aromatic N) is 2. The van der Waals surface area contributed by atoms with Crippen LogP contribution in [0.25, 0.3) is 0 Å². The summed E-state index contributed by atoms with van der Waals surface area (Å²) in [6, 6.07) is 0. The summed E-state index contributed by atoms with van der Waals surface area (Å²) < 4.78 is 0. The van der Waals surface area contributed by atoms with Gasteiger partial charge in [-0.2, -0.15) is 11.8 Å². The van der Waals surface area contributed by atoms with Crippen molar-refractivity contribution >= 4 is 17.6 Å². The number of nitrogens with two attached hydrogens (primary N) is 1. The molecule has 1 aromatic rings. The zero-order chi connectivity index (χ0) is 11.4. The molecule has 0 bridgehead atoms. The van der Waals surface area contributed by atoms with E-state index in [1.165, 1.54) is 30.5 Å². The second-order valence-corrected chi connectivity index (χ2v) is 4.92. The van der Waals surface area contributed by atoms with Gasteiger partial charge in [0.15, 0.2) is 0 Å². The zero-order valence-corrected chi connectivity index (χ0v) is 10.4. The maximum Gasteiger partial charge on any atom is 0.147 e. The molecule has 2 rings (SSSR count). The van der Waals surface area contributed by atoms with Crippen molar-refractivity contribution in [1.29, 1.82) is 0 Å². The number of thioether (sulfide) groups is 1. The van der Waals surface area contributed by atoms with Gasteiger partial charge in [0, 0.05) is 11.3 Å². The number of aryl methyl sites for hydroxylation is 1. The molecular weight excluding hydrogens is 220 g/mol. The quantitative estimate of drug-likeness (QED) is 0.478. The lowest BCUT2D eigenvalue weighted by atomic mass is 10.1. The molecule has 0 atom stereocenters. The molecule has 1 aromatic heterocycles. The molecule has 0 saturated carbocycles. The highest BCUT2D eigenvalue weighted by molar-refractivity contribution is 7.97. The molecule has 0 unspecified atom stereocenters. The highest BCUT2D eigenvalue weighted by atomic mass is 32.2. The number of rotatable bonds is 3. The van der Waals surface area contributed by atoms with E-state index in [9.17, 15) is 0 Å². The van der Waals surface area contributed by atoms with Crippen LogP contribution >= 0.6 is 11.8 Å². The van der Waals surface area contributed by atoms with Crippen molar-refractivity contribution < 1.29 is 0 Å². The van der Waals surface area contributed by atoms with Gasteiger partial charge in [0.1, 0.15) is 11.6 Å². The van der Waals surface area contributed by atoms with Crippen LogP contribution in [0.3, 0.4) is 0 Å². The van der Waals surface area contributed by atoms with Gasteiger partial charge in [-0.1, -0.05) is 6.42 Å². The van der Waals surface area contributed by atoms with Crippen LogP contribution in [0, 0.1) is 0 Å². The monoisotopic (exact) mass is 238 g/mol. The average Bonchev–Trinajstić information content (AvgIpc) is 2.53. The highest BCUT2D eigenvalue weighted by Crippen LogP contribution is 2.24. The molecule has 0 aliphatic heterocycles. The molecule has 5 heteroatoms. The fourth-order valence-electron chi connectivity index (χ4n) is 2.13. The summed E-state index contributed by atoms with van der Waals surface area (Å²) in [7, 11) is 0. The SMILES string of the molecule is CSCc1nc2c(c(NN)n1)CCCCC2. The Morgan fingerprint density at radius 3 is 2.81 bits per heavy atom. The molecule has 88 valence electrons. The van der Waals surface area contributed by atoms with Gasteiger partial charge in [-0.25, -0.2) is 15.8 Å². The predicted molar refractivity (Wildman–Crippen MR) is 68.3 cm³/mol. The third kappa shape index (κ3) is 2.47. The van der Waals surface area contributed by atoms with Crippen LogP contribution < -0.4 is 11.3 Å². The Kier molecular flexibility index (Phi) is 4.01. The number of anilines is 1. The van der Waals surface area contributed by atoms with Crippen LogP contribution in [0.1, 0.15) is 36.3 Å². The smallest absolute Gasteiger partial charge is 0.147 e. The van der Waals surface area contributed by atoms with Crippen molar-refractivity contribution in [1.82, 2.24) is 9.97 Å². The number of aromatic nitrogens is 2. The van der Waals surface area contributed by atoms with Crippen LogP contribution in [-0.2, 0) is 18.6 Å². The van der Waals surface area contributed by atoms with Crippen LogP contribution in [0.15, 0.2) is 0 Å². The Morgan fingerprint density at radius 2 is 2.06 bits per heavy atom. The van der Waals surface area contributed by atoms with Gasteiger partial charge in [-0.3, -0.25) is 0 Å². The van der Waals surface area contributed by atoms with Crippen molar-refractivity contribution in [2.45, 2.75) is 37.9 Å². The van der Waals surface area contributed by atoms with E-state index in [1.807, 2.05) is 0 Å². The molecular formula is C11H18N4S. The summed E-state index contributed by atoms with van der Waals surface area (Å²) >= 11 is 1.74.